The van der Waals surface area contributed by atoms with Gasteiger partial charge < -0.3 is 16.0 Å². The molecule has 0 aliphatic carbocycles. The fourth-order valence-electron chi connectivity index (χ4n) is 4.83. The second kappa shape index (κ2) is 10.0. The van der Waals surface area contributed by atoms with Gasteiger partial charge in [-0.2, -0.15) is 0 Å². The molecule has 1 amide bonds. The SMILES string of the molecule is CC(C)[C@H](Nc1nc(CN2CCN(Cc3c[nH]c4ccccc34)CC2)nc2ccccc12)C(N)=O. The van der Waals surface area contributed by atoms with Crippen LogP contribution in [0.3, 0.4) is 0 Å². The van der Waals surface area contributed by atoms with Crippen LogP contribution in [-0.4, -0.2) is 62.9 Å². The van der Waals surface area contributed by atoms with E-state index in [1.165, 1.54) is 16.5 Å². The monoisotopic (exact) mass is 471 g/mol. The normalized spacial score (nSPS) is 16.2. The van der Waals surface area contributed by atoms with Crippen molar-refractivity contribution >= 4 is 33.5 Å². The van der Waals surface area contributed by atoms with Crippen molar-refractivity contribution in [1.29, 1.82) is 0 Å². The van der Waals surface area contributed by atoms with E-state index in [9.17, 15) is 4.79 Å². The minimum atomic E-state index is -0.491. The van der Waals surface area contributed by atoms with Gasteiger partial charge in [0, 0.05) is 55.2 Å². The number of carbonyl (C=O) groups excluding carboxylic acids is 1. The molecule has 1 aliphatic rings. The molecule has 1 saturated heterocycles. The van der Waals surface area contributed by atoms with Crippen molar-refractivity contribution in [2.45, 2.75) is 33.0 Å². The molecule has 0 radical (unpaired) electrons. The molecule has 2 aromatic heterocycles. The Kier molecular flexibility index (Phi) is 6.66. The number of rotatable bonds is 8. The lowest BCUT2D eigenvalue weighted by Crippen LogP contribution is -2.45. The minimum absolute atomic E-state index is 0.0508. The zero-order valence-electron chi connectivity index (χ0n) is 20.4. The van der Waals surface area contributed by atoms with Crippen molar-refractivity contribution in [1.82, 2.24) is 24.8 Å². The average Bonchev–Trinajstić information content (AvgIpc) is 3.26. The van der Waals surface area contributed by atoms with Crippen LogP contribution in [0.5, 0.6) is 0 Å². The van der Waals surface area contributed by atoms with E-state index in [1.54, 1.807) is 0 Å². The topological polar surface area (TPSA) is 103 Å². The number of hydrogen-bond donors (Lipinski definition) is 3. The number of nitrogens with two attached hydrogens (primary N) is 1. The average molecular weight is 472 g/mol. The number of amides is 1. The van der Waals surface area contributed by atoms with Crippen LogP contribution in [0, 0.1) is 5.92 Å². The summed E-state index contributed by atoms with van der Waals surface area (Å²) in [7, 11) is 0. The number of primary amides is 1. The second-order valence-electron chi connectivity index (χ2n) is 9.69. The molecule has 4 N–H and O–H groups in total. The van der Waals surface area contributed by atoms with Gasteiger partial charge in [0.25, 0.3) is 0 Å². The van der Waals surface area contributed by atoms with Gasteiger partial charge in [-0.3, -0.25) is 14.6 Å². The Bertz CT molecular complexity index is 1320. The minimum Gasteiger partial charge on any atom is -0.368 e. The molecule has 8 heteroatoms. The highest BCUT2D eigenvalue weighted by atomic mass is 16.1. The third-order valence-corrected chi connectivity index (χ3v) is 6.81. The van der Waals surface area contributed by atoms with Crippen LogP contribution < -0.4 is 11.1 Å². The van der Waals surface area contributed by atoms with Crippen LogP contribution in [0.15, 0.2) is 54.7 Å². The van der Waals surface area contributed by atoms with Gasteiger partial charge in [0.2, 0.25) is 5.91 Å². The van der Waals surface area contributed by atoms with Gasteiger partial charge in [0.15, 0.2) is 0 Å². The molecule has 4 aromatic rings. The summed E-state index contributed by atoms with van der Waals surface area (Å²) in [6, 6.07) is 15.9. The van der Waals surface area contributed by atoms with E-state index in [0.29, 0.717) is 12.4 Å². The lowest BCUT2D eigenvalue weighted by molar-refractivity contribution is -0.119. The molecule has 2 aromatic carbocycles. The summed E-state index contributed by atoms with van der Waals surface area (Å²) in [5.41, 5.74) is 9.05. The first-order chi connectivity index (χ1) is 17.0. The molecule has 0 unspecified atom stereocenters. The zero-order valence-corrected chi connectivity index (χ0v) is 20.4. The molecule has 8 nitrogen and oxygen atoms in total. The van der Waals surface area contributed by atoms with Crippen molar-refractivity contribution in [3.63, 3.8) is 0 Å². The van der Waals surface area contributed by atoms with Gasteiger partial charge in [-0.15, -0.1) is 0 Å². The number of piperazine rings is 1. The van der Waals surface area contributed by atoms with Crippen LogP contribution >= 0.6 is 0 Å². The highest BCUT2D eigenvalue weighted by molar-refractivity contribution is 5.92. The largest absolute Gasteiger partial charge is 0.368 e. The van der Waals surface area contributed by atoms with Crippen molar-refractivity contribution in [3.05, 3.63) is 66.1 Å². The van der Waals surface area contributed by atoms with Crippen LogP contribution in [-0.2, 0) is 17.9 Å². The van der Waals surface area contributed by atoms with E-state index in [1.807, 2.05) is 38.1 Å². The molecular weight excluding hydrogens is 438 g/mol. The van der Waals surface area contributed by atoms with E-state index >= 15 is 0 Å². The molecule has 1 fully saturated rings. The van der Waals surface area contributed by atoms with Crippen LogP contribution in [0.2, 0.25) is 0 Å². The summed E-state index contributed by atoms with van der Waals surface area (Å²) in [5, 5.41) is 5.49. The lowest BCUT2D eigenvalue weighted by atomic mass is 10.0. The molecule has 0 saturated carbocycles. The maximum atomic E-state index is 12.0. The standard InChI is InChI=1S/C27H33N7O/c1-18(2)25(26(28)35)32-27-21-8-4-6-10-23(21)30-24(31-27)17-34-13-11-33(12-14-34)16-19-15-29-22-9-5-3-7-20(19)22/h3-10,15,18,25,29H,11-14,16-17H2,1-2H3,(H2,28,35)(H,30,31,32)/t25-/m0/s1. The number of fused-ring (bicyclic) bond motifs is 2. The Balaban J connectivity index is 1.27. The molecule has 0 spiro atoms. The number of anilines is 1. The molecular formula is C27H33N7O. The number of H-pyrrole nitrogens is 1. The molecule has 5 rings (SSSR count). The fourth-order valence-corrected chi connectivity index (χ4v) is 4.83. The third kappa shape index (κ3) is 5.13. The van der Waals surface area contributed by atoms with Crippen LogP contribution in [0.1, 0.15) is 25.2 Å². The second-order valence-corrected chi connectivity index (χ2v) is 9.69. The smallest absolute Gasteiger partial charge is 0.240 e. The molecule has 1 atom stereocenters. The van der Waals surface area contributed by atoms with Gasteiger partial charge in [0.1, 0.15) is 17.7 Å². The van der Waals surface area contributed by atoms with Gasteiger partial charge in [-0.1, -0.05) is 44.2 Å². The van der Waals surface area contributed by atoms with E-state index in [0.717, 1.165) is 49.5 Å². The highest BCUT2D eigenvalue weighted by Crippen LogP contribution is 2.24. The maximum absolute atomic E-state index is 12.0. The first kappa shape index (κ1) is 23.3. The number of carbonyl (C=O) groups is 1. The molecule has 0 bridgehead atoms. The lowest BCUT2D eigenvalue weighted by Gasteiger charge is -2.34. The quantitative estimate of drug-likeness (QED) is 0.364. The summed E-state index contributed by atoms with van der Waals surface area (Å²) in [6.07, 6.45) is 2.13. The van der Waals surface area contributed by atoms with Crippen LogP contribution in [0.25, 0.3) is 21.8 Å². The summed E-state index contributed by atoms with van der Waals surface area (Å²) in [6.45, 7) is 9.47. The van der Waals surface area contributed by atoms with Gasteiger partial charge in [-0.05, 0) is 29.7 Å². The van der Waals surface area contributed by atoms with E-state index < -0.39 is 6.04 Å². The Morgan fingerprint density at radius 1 is 0.971 bits per heavy atom. The number of hydrogen-bond acceptors (Lipinski definition) is 6. The Morgan fingerprint density at radius 3 is 2.34 bits per heavy atom. The Morgan fingerprint density at radius 2 is 1.63 bits per heavy atom. The first-order valence-electron chi connectivity index (χ1n) is 12.3. The van der Waals surface area contributed by atoms with Gasteiger partial charge in [0.05, 0.1) is 12.1 Å². The van der Waals surface area contributed by atoms with Crippen molar-refractivity contribution in [2.24, 2.45) is 11.7 Å². The van der Waals surface area contributed by atoms with Crippen molar-refractivity contribution < 1.29 is 4.79 Å². The number of nitrogens with zero attached hydrogens (tertiary/aromatic N) is 4. The maximum Gasteiger partial charge on any atom is 0.240 e. The molecule has 35 heavy (non-hydrogen) atoms. The summed E-state index contributed by atoms with van der Waals surface area (Å²) in [4.78, 5) is 29.9. The number of aromatic amines is 1. The van der Waals surface area contributed by atoms with Gasteiger partial charge in [-0.25, -0.2) is 9.97 Å². The van der Waals surface area contributed by atoms with E-state index in [2.05, 4.69) is 50.6 Å². The molecule has 182 valence electrons. The highest BCUT2D eigenvalue weighted by Gasteiger charge is 2.23. The number of para-hydroxylation sites is 2. The first-order valence-corrected chi connectivity index (χ1v) is 12.3. The predicted octanol–water partition coefficient (Wildman–Crippen LogP) is 3.35. The number of nitrogens with one attached hydrogen (secondary N) is 2. The number of benzene rings is 2. The summed E-state index contributed by atoms with van der Waals surface area (Å²) >= 11 is 0. The summed E-state index contributed by atoms with van der Waals surface area (Å²) < 4.78 is 0. The molecule has 1 aliphatic heterocycles. The Hall–Kier alpha value is -3.49. The zero-order chi connectivity index (χ0) is 24.4. The fraction of sp³-hybridized carbons (Fsp3) is 0.370. The van der Waals surface area contributed by atoms with Gasteiger partial charge >= 0.3 is 0 Å². The van der Waals surface area contributed by atoms with Crippen molar-refractivity contribution in [3.8, 4) is 0 Å². The van der Waals surface area contributed by atoms with E-state index in [-0.39, 0.29) is 11.8 Å². The summed E-state index contributed by atoms with van der Waals surface area (Å²) in [5.74, 6) is 1.09. The predicted molar refractivity (Wildman–Crippen MR) is 140 cm³/mol. The van der Waals surface area contributed by atoms with E-state index in [4.69, 9.17) is 15.7 Å². The van der Waals surface area contributed by atoms with Crippen LogP contribution in [0.4, 0.5) is 5.82 Å². The van der Waals surface area contributed by atoms with Crippen molar-refractivity contribution in [2.75, 3.05) is 31.5 Å². The number of aromatic nitrogens is 3. The third-order valence-electron chi connectivity index (χ3n) is 6.81. The Labute approximate surface area is 205 Å². The molecule has 3 heterocycles.